The highest BCUT2D eigenvalue weighted by atomic mass is 16.3. The Balaban J connectivity index is 2.50. The van der Waals surface area contributed by atoms with Gasteiger partial charge in [0.1, 0.15) is 11.5 Å². The van der Waals surface area contributed by atoms with Crippen LogP contribution < -0.4 is 0 Å². The van der Waals surface area contributed by atoms with Crippen LogP contribution in [0.25, 0.3) is 0 Å². The van der Waals surface area contributed by atoms with Gasteiger partial charge in [0.15, 0.2) is 0 Å². The molecule has 0 bridgehead atoms. The summed E-state index contributed by atoms with van der Waals surface area (Å²) in [6, 6.07) is 3.17. The first-order chi connectivity index (χ1) is 6.29. The molecule has 1 aromatic carbocycles. The average molecular weight is 178 g/mol. The molecule has 0 aromatic heterocycles. The highest BCUT2D eigenvalue weighted by Crippen LogP contribution is 2.33. The molecule has 0 saturated carbocycles. The highest BCUT2D eigenvalue weighted by Gasteiger charge is 2.14. The lowest BCUT2D eigenvalue weighted by atomic mass is 10.0. The molecule has 1 aromatic rings. The number of phenolic OH excluding ortho intramolecular Hbond substituents is 2. The summed E-state index contributed by atoms with van der Waals surface area (Å²) in [4.78, 5) is 0. The van der Waals surface area contributed by atoms with Gasteiger partial charge >= 0.3 is 0 Å². The third-order valence-corrected chi connectivity index (χ3v) is 2.74. The first kappa shape index (κ1) is 8.42. The van der Waals surface area contributed by atoms with Crippen molar-refractivity contribution in [2.75, 3.05) is 0 Å². The third kappa shape index (κ3) is 1.48. The van der Waals surface area contributed by atoms with Crippen LogP contribution in [0.4, 0.5) is 0 Å². The predicted octanol–water partition coefficient (Wildman–Crippen LogP) is 2.37. The first-order valence-corrected chi connectivity index (χ1v) is 4.82. The Hall–Kier alpha value is -1.18. The Morgan fingerprint density at radius 3 is 1.69 bits per heavy atom. The lowest BCUT2D eigenvalue weighted by Crippen LogP contribution is -1.91. The maximum Gasteiger partial charge on any atom is 0.119 e. The molecule has 0 atom stereocenters. The number of hydrogen-bond donors (Lipinski definition) is 2. The van der Waals surface area contributed by atoms with Crippen LogP contribution in [0.1, 0.15) is 30.4 Å². The number of aromatic hydroxyl groups is 2. The summed E-state index contributed by atoms with van der Waals surface area (Å²) >= 11 is 0. The van der Waals surface area contributed by atoms with Gasteiger partial charge in [-0.2, -0.15) is 0 Å². The van der Waals surface area contributed by atoms with Gasteiger partial charge in [0.2, 0.25) is 0 Å². The molecule has 0 saturated heterocycles. The van der Waals surface area contributed by atoms with Gasteiger partial charge in [-0.25, -0.2) is 0 Å². The van der Waals surface area contributed by atoms with E-state index >= 15 is 0 Å². The van der Waals surface area contributed by atoms with Crippen LogP contribution in [0.15, 0.2) is 12.1 Å². The number of benzene rings is 1. The highest BCUT2D eigenvalue weighted by molar-refractivity contribution is 5.47. The van der Waals surface area contributed by atoms with Crippen LogP contribution in [-0.4, -0.2) is 10.2 Å². The normalized spacial score (nSPS) is 16.3. The summed E-state index contributed by atoms with van der Waals surface area (Å²) in [6.45, 7) is 0. The van der Waals surface area contributed by atoms with Crippen molar-refractivity contribution in [2.45, 2.75) is 32.1 Å². The Morgan fingerprint density at radius 1 is 0.769 bits per heavy atom. The zero-order valence-electron chi connectivity index (χ0n) is 7.58. The van der Waals surface area contributed by atoms with E-state index in [0.717, 1.165) is 36.8 Å². The van der Waals surface area contributed by atoms with E-state index in [1.165, 1.54) is 6.42 Å². The van der Waals surface area contributed by atoms with E-state index in [1.54, 1.807) is 12.1 Å². The van der Waals surface area contributed by atoms with Crippen LogP contribution in [0.3, 0.4) is 0 Å². The van der Waals surface area contributed by atoms with Crippen molar-refractivity contribution in [1.82, 2.24) is 0 Å². The molecule has 0 fully saturated rings. The van der Waals surface area contributed by atoms with Gasteiger partial charge in [-0.15, -0.1) is 0 Å². The minimum Gasteiger partial charge on any atom is -0.508 e. The van der Waals surface area contributed by atoms with Crippen molar-refractivity contribution in [3.05, 3.63) is 23.3 Å². The van der Waals surface area contributed by atoms with Gasteiger partial charge in [0, 0.05) is 11.1 Å². The minimum atomic E-state index is 0.342. The maximum absolute atomic E-state index is 9.59. The summed E-state index contributed by atoms with van der Waals surface area (Å²) in [6.07, 6.45) is 5.22. The molecule has 1 aliphatic carbocycles. The fraction of sp³-hybridized carbons (Fsp3) is 0.455. The summed E-state index contributed by atoms with van der Waals surface area (Å²) in [5.41, 5.74) is 1.91. The molecule has 0 amide bonds. The molecule has 2 rings (SSSR count). The third-order valence-electron chi connectivity index (χ3n) is 2.74. The van der Waals surface area contributed by atoms with Gasteiger partial charge in [-0.05, 0) is 37.8 Å². The quantitative estimate of drug-likeness (QED) is 0.473. The summed E-state index contributed by atoms with van der Waals surface area (Å²) in [5, 5.41) is 19.2. The van der Waals surface area contributed by atoms with E-state index in [4.69, 9.17) is 0 Å². The van der Waals surface area contributed by atoms with Gasteiger partial charge in [0.25, 0.3) is 0 Å². The van der Waals surface area contributed by atoms with E-state index in [2.05, 4.69) is 0 Å². The topological polar surface area (TPSA) is 40.5 Å². The summed E-state index contributed by atoms with van der Waals surface area (Å²) < 4.78 is 0. The van der Waals surface area contributed by atoms with E-state index in [0.29, 0.717) is 11.5 Å². The Kier molecular flexibility index (Phi) is 2.13. The van der Waals surface area contributed by atoms with Crippen LogP contribution in [0.5, 0.6) is 11.5 Å². The Labute approximate surface area is 77.8 Å². The van der Waals surface area contributed by atoms with Crippen LogP contribution in [0.2, 0.25) is 0 Å². The number of phenols is 2. The summed E-state index contributed by atoms with van der Waals surface area (Å²) in [5.74, 6) is 0.685. The Bertz CT molecular complexity index is 287. The fourth-order valence-corrected chi connectivity index (χ4v) is 2.01. The van der Waals surface area contributed by atoms with Crippen molar-refractivity contribution < 1.29 is 10.2 Å². The molecule has 13 heavy (non-hydrogen) atoms. The van der Waals surface area contributed by atoms with Crippen molar-refractivity contribution in [1.29, 1.82) is 0 Å². The zero-order chi connectivity index (χ0) is 9.26. The van der Waals surface area contributed by atoms with E-state index in [-0.39, 0.29) is 0 Å². The van der Waals surface area contributed by atoms with Crippen molar-refractivity contribution in [2.24, 2.45) is 0 Å². The molecule has 70 valence electrons. The molecule has 0 unspecified atom stereocenters. The second kappa shape index (κ2) is 3.29. The molecule has 1 aliphatic rings. The monoisotopic (exact) mass is 178 g/mol. The second-order valence-electron chi connectivity index (χ2n) is 3.62. The summed E-state index contributed by atoms with van der Waals surface area (Å²) in [7, 11) is 0. The molecule has 0 radical (unpaired) electrons. The SMILES string of the molecule is Oc1ccc(O)c2c1CCCCC2. The average Bonchev–Trinajstić information content (AvgIpc) is 2.37. The molecule has 2 heteroatoms. The zero-order valence-corrected chi connectivity index (χ0v) is 7.58. The van der Waals surface area contributed by atoms with Crippen LogP contribution >= 0.6 is 0 Å². The van der Waals surface area contributed by atoms with E-state index in [1.807, 2.05) is 0 Å². The van der Waals surface area contributed by atoms with Gasteiger partial charge < -0.3 is 10.2 Å². The largest absolute Gasteiger partial charge is 0.508 e. The first-order valence-electron chi connectivity index (χ1n) is 4.82. The molecule has 0 aliphatic heterocycles. The molecule has 0 spiro atoms. The Morgan fingerprint density at radius 2 is 1.23 bits per heavy atom. The number of hydrogen-bond acceptors (Lipinski definition) is 2. The minimum absolute atomic E-state index is 0.342. The van der Waals surface area contributed by atoms with Gasteiger partial charge in [-0.1, -0.05) is 6.42 Å². The van der Waals surface area contributed by atoms with Gasteiger partial charge in [-0.3, -0.25) is 0 Å². The molecular formula is C11H14O2. The van der Waals surface area contributed by atoms with Crippen molar-refractivity contribution >= 4 is 0 Å². The number of fused-ring (bicyclic) bond motifs is 1. The lowest BCUT2D eigenvalue weighted by Gasteiger charge is -2.09. The second-order valence-corrected chi connectivity index (χ2v) is 3.62. The van der Waals surface area contributed by atoms with E-state index in [9.17, 15) is 10.2 Å². The standard InChI is InChI=1S/C11H14O2/c12-10-6-7-11(13)9-5-3-1-2-4-8(9)10/h6-7,12-13H,1-5H2. The van der Waals surface area contributed by atoms with E-state index < -0.39 is 0 Å². The molecule has 2 N–H and O–H groups in total. The predicted molar refractivity (Wildman–Crippen MR) is 51.0 cm³/mol. The van der Waals surface area contributed by atoms with Crippen molar-refractivity contribution in [3.8, 4) is 11.5 Å². The molecule has 0 heterocycles. The fourth-order valence-electron chi connectivity index (χ4n) is 2.01. The van der Waals surface area contributed by atoms with Crippen LogP contribution in [-0.2, 0) is 12.8 Å². The maximum atomic E-state index is 9.59. The number of rotatable bonds is 0. The van der Waals surface area contributed by atoms with Crippen molar-refractivity contribution in [3.63, 3.8) is 0 Å². The van der Waals surface area contributed by atoms with Crippen LogP contribution in [0, 0.1) is 0 Å². The molecule has 2 nitrogen and oxygen atoms in total. The molecular weight excluding hydrogens is 164 g/mol. The lowest BCUT2D eigenvalue weighted by molar-refractivity contribution is 0.449. The van der Waals surface area contributed by atoms with Gasteiger partial charge in [0.05, 0.1) is 0 Å². The smallest absolute Gasteiger partial charge is 0.119 e.